The smallest absolute Gasteiger partial charge is 0.262 e. The Morgan fingerprint density at radius 2 is 2.11 bits per heavy atom. The van der Waals surface area contributed by atoms with Crippen LogP contribution in [0.1, 0.15) is 6.92 Å². The lowest BCUT2D eigenvalue weighted by molar-refractivity contribution is -0.113. The molecule has 5 nitrogen and oxygen atoms in total. The summed E-state index contributed by atoms with van der Waals surface area (Å²) in [6, 6.07) is 9.19. The Kier molecular flexibility index (Phi) is 6.18. The van der Waals surface area contributed by atoms with Crippen molar-refractivity contribution in [1.82, 2.24) is 9.55 Å². The predicted octanol–water partition coefficient (Wildman–Crippen LogP) is 4.70. The van der Waals surface area contributed by atoms with E-state index in [9.17, 15) is 14.0 Å². The van der Waals surface area contributed by atoms with Crippen LogP contribution in [0.3, 0.4) is 0 Å². The molecule has 0 unspecified atom stereocenters. The number of amides is 1. The molecule has 3 aromatic rings. The van der Waals surface area contributed by atoms with Crippen molar-refractivity contribution in [3.05, 3.63) is 62.1 Å². The monoisotopic (exact) mass is 469 g/mol. The Morgan fingerprint density at radius 3 is 2.85 bits per heavy atom. The third-order valence-electron chi connectivity index (χ3n) is 3.73. The summed E-state index contributed by atoms with van der Waals surface area (Å²) in [5.41, 5.74) is 0.390. The number of thioether (sulfide) groups is 1. The molecule has 27 heavy (non-hydrogen) atoms. The first kappa shape index (κ1) is 19.9. The summed E-state index contributed by atoms with van der Waals surface area (Å²) in [4.78, 5) is 29.3. The number of rotatable bonds is 5. The van der Waals surface area contributed by atoms with E-state index < -0.39 is 11.7 Å². The van der Waals surface area contributed by atoms with Crippen molar-refractivity contribution >= 4 is 61.8 Å². The number of aromatic nitrogens is 2. The van der Waals surface area contributed by atoms with Gasteiger partial charge in [-0.15, -0.1) is 0 Å². The quantitative estimate of drug-likeness (QED) is 0.434. The highest BCUT2D eigenvalue weighted by Gasteiger charge is 2.14. The predicted molar refractivity (Wildman–Crippen MR) is 110 cm³/mol. The number of halogens is 3. The number of hydrogen-bond donors (Lipinski definition) is 1. The second kappa shape index (κ2) is 8.41. The maximum atomic E-state index is 13.7. The van der Waals surface area contributed by atoms with E-state index in [-0.39, 0.29) is 17.0 Å². The van der Waals surface area contributed by atoms with Gasteiger partial charge in [0.2, 0.25) is 5.91 Å². The molecule has 0 bridgehead atoms. The molecule has 0 spiro atoms. The summed E-state index contributed by atoms with van der Waals surface area (Å²) in [6.45, 7) is 2.25. The van der Waals surface area contributed by atoms with Gasteiger partial charge in [-0.2, -0.15) is 0 Å². The average molecular weight is 471 g/mol. The van der Waals surface area contributed by atoms with Crippen LogP contribution in [-0.4, -0.2) is 21.2 Å². The largest absolute Gasteiger partial charge is 0.323 e. The summed E-state index contributed by atoms with van der Waals surface area (Å²) in [5, 5.41) is 3.73. The number of hydrogen-bond acceptors (Lipinski definition) is 4. The standard InChI is InChI=1S/C18H14BrClFN3O2S/c1-2-24-17(26)12-7-10(19)3-6-14(12)23-18(24)27-9-16(25)22-15-8-11(20)4-5-13(15)21/h3-8H,2,9H2,1H3,(H,22,25). The highest BCUT2D eigenvalue weighted by Crippen LogP contribution is 2.22. The first-order valence-electron chi connectivity index (χ1n) is 7.97. The van der Waals surface area contributed by atoms with Gasteiger partial charge in [-0.05, 0) is 43.3 Å². The van der Waals surface area contributed by atoms with Gasteiger partial charge in [0.15, 0.2) is 5.16 Å². The zero-order chi connectivity index (χ0) is 19.6. The van der Waals surface area contributed by atoms with Gasteiger partial charge in [0.25, 0.3) is 5.56 Å². The molecule has 0 aliphatic rings. The van der Waals surface area contributed by atoms with Crippen LogP contribution >= 0.6 is 39.3 Å². The Labute approximate surface area is 172 Å². The molecule has 0 aliphatic heterocycles. The Morgan fingerprint density at radius 1 is 1.33 bits per heavy atom. The van der Waals surface area contributed by atoms with Crippen molar-refractivity contribution in [2.75, 3.05) is 11.1 Å². The van der Waals surface area contributed by atoms with E-state index in [0.29, 0.717) is 27.6 Å². The molecular formula is C18H14BrClFN3O2S. The summed E-state index contributed by atoms with van der Waals surface area (Å²) in [6.07, 6.45) is 0. The second-order valence-electron chi connectivity index (χ2n) is 5.57. The average Bonchev–Trinajstić information content (AvgIpc) is 2.64. The van der Waals surface area contributed by atoms with Gasteiger partial charge in [-0.1, -0.05) is 39.3 Å². The molecule has 1 N–H and O–H groups in total. The van der Waals surface area contributed by atoms with Gasteiger partial charge in [0, 0.05) is 16.0 Å². The van der Waals surface area contributed by atoms with E-state index in [1.807, 2.05) is 6.92 Å². The zero-order valence-electron chi connectivity index (χ0n) is 14.1. The van der Waals surface area contributed by atoms with Crippen molar-refractivity contribution in [1.29, 1.82) is 0 Å². The van der Waals surface area contributed by atoms with Gasteiger partial charge in [0.1, 0.15) is 5.82 Å². The summed E-state index contributed by atoms with van der Waals surface area (Å²) >= 11 is 10.3. The summed E-state index contributed by atoms with van der Waals surface area (Å²) in [5.74, 6) is -1.02. The fourth-order valence-electron chi connectivity index (χ4n) is 2.47. The summed E-state index contributed by atoms with van der Waals surface area (Å²) in [7, 11) is 0. The van der Waals surface area contributed by atoms with Crippen LogP contribution in [-0.2, 0) is 11.3 Å². The molecule has 0 radical (unpaired) electrons. The molecule has 0 atom stereocenters. The first-order valence-corrected chi connectivity index (χ1v) is 10.1. The molecule has 0 saturated heterocycles. The fraction of sp³-hybridized carbons (Fsp3) is 0.167. The van der Waals surface area contributed by atoms with Crippen molar-refractivity contribution < 1.29 is 9.18 Å². The molecule has 2 aromatic carbocycles. The van der Waals surface area contributed by atoms with Gasteiger partial charge < -0.3 is 5.32 Å². The lowest BCUT2D eigenvalue weighted by atomic mass is 10.2. The van der Waals surface area contributed by atoms with E-state index in [1.165, 1.54) is 22.8 Å². The minimum absolute atomic E-state index is 0.0114. The Balaban J connectivity index is 1.82. The number of carbonyl (C=O) groups is 1. The Bertz CT molecular complexity index is 1090. The normalized spacial score (nSPS) is 11.0. The van der Waals surface area contributed by atoms with E-state index >= 15 is 0 Å². The second-order valence-corrected chi connectivity index (χ2v) is 7.86. The lowest BCUT2D eigenvalue weighted by Crippen LogP contribution is -2.23. The highest BCUT2D eigenvalue weighted by molar-refractivity contribution is 9.10. The van der Waals surface area contributed by atoms with Crippen LogP contribution in [0.5, 0.6) is 0 Å². The SMILES string of the molecule is CCn1c(SCC(=O)Nc2cc(Cl)ccc2F)nc2ccc(Br)cc2c1=O. The molecule has 0 saturated carbocycles. The van der Waals surface area contributed by atoms with Crippen molar-refractivity contribution in [2.45, 2.75) is 18.6 Å². The molecular weight excluding hydrogens is 457 g/mol. The van der Waals surface area contributed by atoms with Crippen LogP contribution in [0.25, 0.3) is 10.9 Å². The van der Waals surface area contributed by atoms with Gasteiger partial charge >= 0.3 is 0 Å². The van der Waals surface area contributed by atoms with Crippen molar-refractivity contribution in [2.24, 2.45) is 0 Å². The van der Waals surface area contributed by atoms with Crippen LogP contribution in [0.15, 0.2) is 50.8 Å². The number of benzene rings is 2. The summed E-state index contributed by atoms with van der Waals surface area (Å²) < 4.78 is 16.0. The molecule has 0 fully saturated rings. The van der Waals surface area contributed by atoms with Crippen molar-refractivity contribution in [3.63, 3.8) is 0 Å². The molecule has 3 rings (SSSR count). The van der Waals surface area contributed by atoms with Gasteiger partial charge in [-0.25, -0.2) is 9.37 Å². The minimum atomic E-state index is -0.572. The molecule has 1 amide bonds. The number of anilines is 1. The maximum Gasteiger partial charge on any atom is 0.262 e. The number of nitrogens with zero attached hydrogens (tertiary/aromatic N) is 2. The molecule has 1 aromatic heterocycles. The fourth-order valence-corrected chi connectivity index (χ4v) is 3.87. The van der Waals surface area contributed by atoms with Gasteiger partial charge in [0.05, 0.1) is 22.3 Å². The van der Waals surface area contributed by atoms with Crippen LogP contribution in [0.2, 0.25) is 5.02 Å². The zero-order valence-corrected chi connectivity index (χ0v) is 17.3. The number of nitrogens with one attached hydrogen (secondary N) is 1. The van der Waals surface area contributed by atoms with E-state index in [2.05, 4.69) is 26.2 Å². The van der Waals surface area contributed by atoms with Crippen LogP contribution < -0.4 is 10.9 Å². The van der Waals surface area contributed by atoms with Crippen molar-refractivity contribution in [3.8, 4) is 0 Å². The number of fused-ring (bicyclic) bond motifs is 1. The maximum absolute atomic E-state index is 13.7. The molecule has 140 valence electrons. The third kappa shape index (κ3) is 4.51. The number of carbonyl (C=O) groups excluding carboxylic acids is 1. The van der Waals surface area contributed by atoms with Gasteiger partial charge in [-0.3, -0.25) is 14.2 Å². The third-order valence-corrected chi connectivity index (χ3v) is 5.44. The molecule has 9 heteroatoms. The highest BCUT2D eigenvalue weighted by atomic mass is 79.9. The topological polar surface area (TPSA) is 64.0 Å². The molecule has 1 heterocycles. The first-order chi connectivity index (χ1) is 12.9. The van der Waals surface area contributed by atoms with Crippen LogP contribution in [0, 0.1) is 5.82 Å². The van der Waals surface area contributed by atoms with E-state index in [1.54, 1.807) is 18.2 Å². The van der Waals surface area contributed by atoms with E-state index in [4.69, 9.17) is 11.6 Å². The Hall–Kier alpha value is -1.90. The van der Waals surface area contributed by atoms with E-state index in [0.717, 1.165) is 16.2 Å². The minimum Gasteiger partial charge on any atom is -0.323 e. The van der Waals surface area contributed by atoms with Crippen LogP contribution in [0.4, 0.5) is 10.1 Å². The lowest BCUT2D eigenvalue weighted by Gasteiger charge is -2.11. The molecule has 0 aliphatic carbocycles.